The summed E-state index contributed by atoms with van der Waals surface area (Å²) in [5, 5.41) is 132. The topological polar surface area (TPSA) is 328 Å². The van der Waals surface area contributed by atoms with Crippen LogP contribution in [-0.4, -0.2) is 210 Å². The maximum Gasteiger partial charge on any atom is 0.187 e. The number of rotatable bonds is 9. The summed E-state index contributed by atoms with van der Waals surface area (Å²) in [6.45, 7) is -3.01. The predicted octanol–water partition coefficient (Wildman–Crippen LogP) is -9.11. The van der Waals surface area contributed by atoms with Crippen molar-refractivity contribution in [3.8, 4) is 0 Å². The molecule has 4 heterocycles. The molecule has 252 valence electrons. The van der Waals surface area contributed by atoms with Crippen LogP contribution in [0, 0.1) is 0 Å². The molecule has 0 radical (unpaired) electrons. The number of aliphatic hydroxyl groups is 13. The highest BCUT2D eigenvalue weighted by atomic mass is 16.8. The number of ether oxygens (including phenoxy) is 7. The van der Waals surface area contributed by atoms with Crippen LogP contribution in [0.3, 0.4) is 0 Å². The quantitative estimate of drug-likeness (QED) is 0.112. The van der Waals surface area contributed by atoms with Gasteiger partial charge in [-0.05, 0) is 0 Å². The van der Waals surface area contributed by atoms with Gasteiger partial charge in [-0.25, -0.2) is 0 Å². The zero-order valence-electron chi connectivity index (χ0n) is 22.5. The largest absolute Gasteiger partial charge is 0.394 e. The van der Waals surface area contributed by atoms with Gasteiger partial charge in [0.15, 0.2) is 25.2 Å². The van der Waals surface area contributed by atoms with E-state index in [9.17, 15) is 66.4 Å². The summed E-state index contributed by atoms with van der Waals surface area (Å²) in [5.41, 5.74) is 0. The molecule has 19 atom stereocenters. The van der Waals surface area contributed by atoms with Crippen LogP contribution in [0.5, 0.6) is 0 Å². The Hall–Kier alpha value is -0.800. The fourth-order valence-electron chi connectivity index (χ4n) is 5.23. The number of hydrogen-bond acceptors (Lipinski definition) is 20. The Morgan fingerprint density at radius 2 is 0.953 bits per heavy atom. The SMILES string of the molecule is OC[C@H]1O[C@@H](O[C@H]2[C@H](O)[C@H](O[C@H]3O[C@H](CO)[C@@H](O)[C@H](O)[C@@H]3O)[C@@H](O)O[C@@H]2CO)[C@H](O[C@H]2OC[C@@H](O)[C@@H](O)[C@@H]2O)[C@@H](O)[C@H]1O. The van der Waals surface area contributed by atoms with Gasteiger partial charge in [0.25, 0.3) is 0 Å². The smallest absolute Gasteiger partial charge is 0.187 e. The summed E-state index contributed by atoms with van der Waals surface area (Å²) < 4.78 is 38.0. The second-order valence-corrected chi connectivity index (χ2v) is 10.7. The normalized spacial score (nSPS) is 53.1. The molecule has 4 aliphatic rings. The van der Waals surface area contributed by atoms with Gasteiger partial charge in [0.2, 0.25) is 0 Å². The maximum atomic E-state index is 11.2. The van der Waals surface area contributed by atoms with E-state index in [0.717, 1.165) is 0 Å². The molecule has 4 aliphatic heterocycles. The molecule has 20 heteroatoms. The van der Waals surface area contributed by atoms with E-state index in [1.54, 1.807) is 0 Å². The minimum atomic E-state index is -2.00. The zero-order chi connectivity index (χ0) is 31.7. The molecule has 20 nitrogen and oxygen atoms in total. The fraction of sp³-hybridized carbons (Fsp3) is 1.00. The van der Waals surface area contributed by atoms with Crippen molar-refractivity contribution >= 4 is 0 Å². The summed E-state index contributed by atoms with van der Waals surface area (Å²) in [5.74, 6) is 0. The monoisotopic (exact) mass is 636 g/mol. The fourth-order valence-corrected chi connectivity index (χ4v) is 5.23. The third kappa shape index (κ3) is 7.13. The maximum absolute atomic E-state index is 11.2. The minimum absolute atomic E-state index is 0.490. The van der Waals surface area contributed by atoms with Gasteiger partial charge in [-0.15, -0.1) is 0 Å². The van der Waals surface area contributed by atoms with Gasteiger partial charge >= 0.3 is 0 Å². The molecule has 4 rings (SSSR count). The van der Waals surface area contributed by atoms with E-state index in [0.29, 0.717) is 0 Å². The van der Waals surface area contributed by atoms with Crippen LogP contribution >= 0.6 is 0 Å². The van der Waals surface area contributed by atoms with Crippen LogP contribution in [0.1, 0.15) is 0 Å². The van der Waals surface area contributed by atoms with Gasteiger partial charge in [0, 0.05) is 0 Å². The molecule has 0 aromatic heterocycles. The molecule has 0 aromatic rings. The van der Waals surface area contributed by atoms with E-state index in [4.69, 9.17) is 33.2 Å². The molecular formula is C23H40O20. The molecule has 0 aliphatic carbocycles. The molecule has 0 amide bonds. The van der Waals surface area contributed by atoms with Crippen molar-refractivity contribution < 1.29 is 99.5 Å². The first-order valence-corrected chi connectivity index (χ1v) is 13.5. The molecule has 13 N–H and O–H groups in total. The van der Waals surface area contributed by atoms with Crippen molar-refractivity contribution in [1.29, 1.82) is 0 Å². The van der Waals surface area contributed by atoms with E-state index in [2.05, 4.69) is 0 Å². The summed E-state index contributed by atoms with van der Waals surface area (Å²) in [6, 6.07) is 0. The predicted molar refractivity (Wildman–Crippen MR) is 128 cm³/mol. The van der Waals surface area contributed by atoms with E-state index in [1.165, 1.54) is 0 Å². The van der Waals surface area contributed by atoms with Crippen molar-refractivity contribution in [2.75, 3.05) is 26.4 Å². The molecule has 4 saturated heterocycles. The average Bonchev–Trinajstić information content (AvgIpc) is 2.99. The van der Waals surface area contributed by atoms with Crippen molar-refractivity contribution in [2.24, 2.45) is 0 Å². The highest BCUT2D eigenvalue weighted by Gasteiger charge is 2.55. The molecular weight excluding hydrogens is 596 g/mol. The second-order valence-electron chi connectivity index (χ2n) is 10.7. The Balaban J connectivity index is 1.55. The molecule has 43 heavy (non-hydrogen) atoms. The first-order valence-electron chi connectivity index (χ1n) is 13.5. The van der Waals surface area contributed by atoms with Gasteiger partial charge in [-0.3, -0.25) is 0 Å². The third-order valence-corrected chi connectivity index (χ3v) is 7.82. The summed E-state index contributed by atoms with van der Waals surface area (Å²) in [7, 11) is 0. The zero-order valence-corrected chi connectivity index (χ0v) is 22.5. The average molecular weight is 637 g/mol. The number of hydrogen-bond donors (Lipinski definition) is 13. The molecule has 0 unspecified atom stereocenters. The lowest BCUT2D eigenvalue weighted by Gasteiger charge is -2.49. The Bertz CT molecular complexity index is 869. The van der Waals surface area contributed by atoms with Crippen molar-refractivity contribution in [3.05, 3.63) is 0 Å². The minimum Gasteiger partial charge on any atom is -0.394 e. The highest BCUT2D eigenvalue weighted by Crippen LogP contribution is 2.34. The summed E-state index contributed by atoms with van der Waals surface area (Å²) >= 11 is 0. The first kappa shape index (κ1) is 35.1. The van der Waals surface area contributed by atoms with Crippen LogP contribution in [0.25, 0.3) is 0 Å². The van der Waals surface area contributed by atoms with Crippen molar-refractivity contribution in [2.45, 2.75) is 117 Å². The van der Waals surface area contributed by atoms with Gasteiger partial charge in [0.1, 0.15) is 91.6 Å². The molecule has 4 fully saturated rings. The third-order valence-electron chi connectivity index (χ3n) is 7.82. The van der Waals surface area contributed by atoms with Crippen LogP contribution in [-0.2, 0) is 33.2 Å². The van der Waals surface area contributed by atoms with Crippen LogP contribution in [0.4, 0.5) is 0 Å². The van der Waals surface area contributed by atoms with Crippen molar-refractivity contribution in [1.82, 2.24) is 0 Å². The lowest BCUT2D eigenvalue weighted by atomic mass is 9.96. The van der Waals surface area contributed by atoms with Gasteiger partial charge in [-0.1, -0.05) is 0 Å². The van der Waals surface area contributed by atoms with Gasteiger partial charge in [0.05, 0.1) is 26.4 Å². The van der Waals surface area contributed by atoms with Gasteiger partial charge < -0.3 is 99.5 Å². The lowest BCUT2D eigenvalue weighted by molar-refractivity contribution is -0.394. The van der Waals surface area contributed by atoms with E-state index in [-0.39, 0.29) is 0 Å². The van der Waals surface area contributed by atoms with E-state index < -0.39 is 143 Å². The summed E-state index contributed by atoms with van der Waals surface area (Å²) in [4.78, 5) is 0. The van der Waals surface area contributed by atoms with Crippen LogP contribution in [0.15, 0.2) is 0 Å². The Morgan fingerprint density at radius 3 is 1.56 bits per heavy atom. The first-order chi connectivity index (χ1) is 20.3. The molecule has 0 spiro atoms. The van der Waals surface area contributed by atoms with E-state index in [1.807, 2.05) is 0 Å². The highest BCUT2D eigenvalue weighted by molar-refractivity contribution is 4.97. The summed E-state index contributed by atoms with van der Waals surface area (Å²) in [6.07, 6.45) is -33.3. The Morgan fingerprint density at radius 1 is 0.442 bits per heavy atom. The second kappa shape index (κ2) is 14.7. The lowest BCUT2D eigenvalue weighted by Crippen LogP contribution is -2.67. The van der Waals surface area contributed by atoms with Crippen molar-refractivity contribution in [3.63, 3.8) is 0 Å². The Labute approximate surface area is 243 Å². The molecule has 0 saturated carbocycles. The standard InChI is InChI=1S/C23H40O20/c24-1-6-10(29)12(31)15(34)22(39-6)42-18-16(35)17(8(3-26)38-20(18)36)41-23-19(13(32)11(30)7(2-25)40-23)43-21-14(33)9(28)5(27)4-37-21/h5-36H,1-4H2/t5-,6-,7-,8-,9-,10-,11+,12+,13+,14+,15+,16+,17-,18+,19-,20+,21-,22-,23+/m1/s1. The van der Waals surface area contributed by atoms with Crippen LogP contribution in [0.2, 0.25) is 0 Å². The molecule has 0 bridgehead atoms. The van der Waals surface area contributed by atoms with E-state index >= 15 is 0 Å². The Kier molecular flexibility index (Phi) is 12.0. The van der Waals surface area contributed by atoms with Gasteiger partial charge in [-0.2, -0.15) is 0 Å². The molecule has 0 aromatic carbocycles. The van der Waals surface area contributed by atoms with Crippen LogP contribution < -0.4 is 0 Å². The number of aliphatic hydroxyl groups excluding tert-OH is 13.